The molecule has 9 aromatic rings. The molecule has 202 valence electrons. The topological polar surface area (TPSA) is 42.4 Å². The number of benzene rings is 6. The monoisotopic (exact) mass is 552 g/mol. The van der Waals surface area contributed by atoms with E-state index in [1.807, 2.05) is 42.7 Å². The quantitative estimate of drug-likeness (QED) is 0.218. The lowest BCUT2D eigenvalue weighted by Gasteiger charge is -2.27. The molecule has 4 heteroatoms. The Bertz CT molecular complexity index is 2470. The summed E-state index contributed by atoms with van der Waals surface area (Å²) < 4.78 is 12.6. The van der Waals surface area contributed by atoms with Gasteiger partial charge in [0.15, 0.2) is 0 Å². The summed E-state index contributed by atoms with van der Waals surface area (Å²) in [6.07, 6.45) is 3.90. The molecule has 0 spiro atoms. The number of hydrogen-bond donors (Lipinski definition) is 0. The van der Waals surface area contributed by atoms with Crippen molar-refractivity contribution in [3.63, 3.8) is 0 Å². The van der Waals surface area contributed by atoms with Gasteiger partial charge in [-0.3, -0.25) is 4.98 Å². The molecule has 0 amide bonds. The Morgan fingerprint density at radius 1 is 0.419 bits per heavy atom. The van der Waals surface area contributed by atoms with Crippen molar-refractivity contribution < 1.29 is 8.83 Å². The number of aromatic nitrogens is 1. The van der Waals surface area contributed by atoms with E-state index in [1.54, 1.807) is 0 Å². The molecule has 0 fully saturated rings. The second kappa shape index (κ2) is 9.33. The maximum absolute atomic E-state index is 6.34. The maximum atomic E-state index is 6.34. The van der Waals surface area contributed by atoms with E-state index in [-0.39, 0.29) is 0 Å². The fourth-order valence-corrected chi connectivity index (χ4v) is 6.37. The standard InChI is InChI=1S/C39H24N2O2/c1-2-9-25(10-3-1)26-11-8-12-27(21-26)41(28-17-18-31-30-13-4-6-15-35(30)43-38(31)22-28)34-24-40-23-33-29(34)19-20-37-39(33)32-14-5-7-16-36(32)42-37/h1-24H. The van der Waals surface area contributed by atoms with Crippen LogP contribution < -0.4 is 4.90 Å². The normalized spacial score (nSPS) is 11.7. The van der Waals surface area contributed by atoms with Crippen molar-refractivity contribution >= 4 is 71.7 Å². The van der Waals surface area contributed by atoms with Crippen molar-refractivity contribution in [2.75, 3.05) is 4.90 Å². The summed E-state index contributed by atoms with van der Waals surface area (Å²) in [6.45, 7) is 0. The van der Waals surface area contributed by atoms with Gasteiger partial charge in [0.25, 0.3) is 0 Å². The molecule has 4 nitrogen and oxygen atoms in total. The summed E-state index contributed by atoms with van der Waals surface area (Å²) in [5.41, 5.74) is 8.76. The molecular weight excluding hydrogens is 528 g/mol. The number of fused-ring (bicyclic) bond motifs is 8. The SMILES string of the molecule is c1ccc(-c2cccc(N(c3ccc4c(c3)oc3ccccc34)c3cncc4c3ccc3oc5ccccc5c34)c2)cc1. The van der Waals surface area contributed by atoms with E-state index in [2.05, 4.69) is 108 Å². The van der Waals surface area contributed by atoms with Crippen LogP contribution in [-0.2, 0) is 0 Å². The lowest BCUT2D eigenvalue weighted by atomic mass is 10.0. The van der Waals surface area contributed by atoms with Gasteiger partial charge in [-0.15, -0.1) is 0 Å². The number of nitrogens with zero attached hydrogens (tertiary/aromatic N) is 2. The van der Waals surface area contributed by atoms with Crippen molar-refractivity contribution in [2.45, 2.75) is 0 Å². The predicted octanol–water partition coefficient (Wildman–Crippen LogP) is 11.2. The molecule has 43 heavy (non-hydrogen) atoms. The molecule has 0 radical (unpaired) electrons. The zero-order valence-electron chi connectivity index (χ0n) is 23.1. The van der Waals surface area contributed by atoms with Crippen molar-refractivity contribution in [3.8, 4) is 11.1 Å². The van der Waals surface area contributed by atoms with Crippen molar-refractivity contribution in [1.82, 2.24) is 4.98 Å². The van der Waals surface area contributed by atoms with Gasteiger partial charge in [-0.2, -0.15) is 0 Å². The molecule has 0 bridgehead atoms. The minimum absolute atomic E-state index is 0.847. The van der Waals surface area contributed by atoms with E-state index in [4.69, 9.17) is 13.8 Å². The summed E-state index contributed by atoms with van der Waals surface area (Å²) in [6, 6.07) is 46.2. The molecule has 6 aromatic carbocycles. The average molecular weight is 553 g/mol. The number of para-hydroxylation sites is 2. The van der Waals surface area contributed by atoms with E-state index in [0.717, 1.165) is 77.3 Å². The van der Waals surface area contributed by atoms with Crippen LogP contribution in [0.2, 0.25) is 0 Å². The van der Waals surface area contributed by atoms with Crippen molar-refractivity contribution in [1.29, 1.82) is 0 Å². The van der Waals surface area contributed by atoms with Gasteiger partial charge in [0, 0.05) is 56.0 Å². The smallest absolute Gasteiger partial charge is 0.137 e. The van der Waals surface area contributed by atoms with Gasteiger partial charge in [-0.25, -0.2) is 0 Å². The Morgan fingerprint density at radius 3 is 1.98 bits per heavy atom. The lowest BCUT2D eigenvalue weighted by Crippen LogP contribution is -2.11. The van der Waals surface area contributed by atoms with Crippen LogP contribution in [0, 0.1) is 0 Å². The van der Waals surface area contributed by atoms with Crippen LogP contribution in [0.5, 0.6) is 0 Å². The van der Waals surface area contributed by atoms with Crippen LogP contribution in [0.4, 0.5) is 17.1 Å². The summed E-state index contributed by atoms with van der Waals surface area (Å²) >= 11 is 0. The third-order valence-corrected chi connectivity index (χ3v) is 8.33. The molecule has 0 saturated carbocycles. The van der Waals surface area contributed by atoms with E-state index >= 15 is 0 Å². The zero-order valence-corrected chi connectivity index (χ0v) is 23.1. The second-order valence-corrected chi connectivity index (χ2v) is 10.8. The van der Waals surface area contributed by atoms with Crippen LogP contribution in [0.15, 0.2) is 155 Å². The zero-order chi connectivity index (χ0) is 28.3. The minimum atomic E-state index is 0.847. The Kier molecular flexibility index (Phi) is 5.16. The molecule has 0 unspecified atom stereocenters. The summed E-state index contributed by atoms with van der Waals surface area (Å²) in [4.78, 5) is 7.07. The highest BCUT2D eigenvalue weighted by Crippen LogP contribution is 2.44. The molecule has 9 rings (SSSR count). The molecule has 3 aromatic heterocycles. The molecule has 0 N–H and O–H groups in total. The molecule has 3 heterocycles. The van der Waals surface area contributed by atoms with Crippen LogP contribution in [-0.4, -0.2) is 4.98 Å². The largest absolute Gasteiger partial charge is 0.456 e. The summed E-state index contributed by atoms with van der Waals surface area (Å²) in [5.74, 6) is 0. The number of hydrogen-bond acceptors (Lipinski definition) is 4. The molecular formula is C39H24N2O2. The fourth-order valence-electron chi connectivity index (χ4n) is 6.37. The first-order chi connectivity index (χ1) is 21.3. The van der Waals surface area contributed by atoms with Gasteiger partial charge in [0.05, 0.1) is 11.9 Å². The Labute approximate surface area is 247 Å². The van der Waals surface area contributed by atoms with Gasteiger partial charge in [0.1, 0.15) is 22.3 Å². The van der Waals surface area contributed by atoms with E-state index in [1.165, 1.54) is 5.56 Å². The van der Waals surface area contributed by atoms with Crippen molar-refractivity contribution in [3.05, 3.63) is 146 Å². The third-order valence-electron chi connectivity index (χ3n) is 8.33. The fraction of sp³-hybridized carbons (Fsp3) is 0. The maximum Gasteiger partial charge on any atom is 0.137 e. The van der Waals surface area contributed by atoms with E-state index < -0.39 is 0 Å². The highest BCUT2D eigenvalue weighted by atomic mass is 16.3. The van der Waals surface area contributed by atoms with Gasteiger partial charge in [-0.1, -0.05) is 78.9 Å². The van der Waals surface area contributed by atoms with Crippen molar-refractivity contribution in [2.24, 2.45) is 0 Å². The van der Waals surface area contributed by atoms with E-state index in [0.29, 0.717) is 0 Å². The highest BCUT2D eigenvalue weighted by molar-refractivity contribution is 6.21. The third kappa shape index (κ3) is 3.74. The van der Waals surface area contributed by atoms with Gasteiger partial charge in [-0.05, 0) is 59.7 Å². The number of rotatable bonds is 4. The molecule has 0 atom stereocenters. The summed E-state index contributed by atoms with van der Waals surface area (Å²) in [7, 11) is 0. The van der Waals surface area contributed by atoms with Crippen LogP contribution in [0.1, 0.15) is 0 Å². The minimum Gasteiger partial charge on any atom is -0.456 e. The number of pyridine rings is 1. The lowest BCUT2D eigenvalue weighted by molar-refractivity contribution is 0.668. The first kappa shape index (κ1) is 23.8. The van der Waals surface area contributed by atoms with Gasteiger partial charge < -0.3 is 13.7 Å². The van der Waals surface area contributed by atoms with Crippen LogP contribution in [0.3, 0.4) is 0 Å². The Balaban J connectivity index is 1.32. The summed E-state index contributed by atoms with van der Waals surface area (Å²) in [5, 5.41) is 6.51. The number of anilines is 3. The van der Waals surface area contributed by atoms with Crippen LogP contribution >= 0.6 is 0 Å². The highest BCUT2D eigenvalue weighted by Gasteiger charge is 2.20. The molecule has 0 aliphatic carbocycles. The first-order valence-corrected chi connectivity index (χ1v) is 14.4. The average Bonchev–Trinajstić information content (AvgIpc) is 3.64. The van der Waals surface area contributed by atoms with Crippen LogP contribution in [0.25, 0.3) is 65.8 Å². The molecule has 0 aliphatic heterocycles. The van der Waals surface area contributed by atoms with E-state index in [9.17, 15) is 0 Å². The molecule has 0 saturated heterocycles. The number of furan rings is 2. The van der Waals surface area contributed by atoms with Gasteiger partial charge >= 0.3 is 0 Å². The second-order valence-electron chi connectivity index (χ2n) is 10.8. The Hall–Kier alpha value is -5.87. The van der Waals surface area contributed by atoms with Gasteiger partial charge in [0.2, 0.25) is 0 Å². The predicted molar refractivity (Wildman–Crippen MR) is 176 cm³/mol. The Morgan fingerprint density at radius 2 is 1.09 bits per heavy atom. The first-order valence-electron chi connectivity index (χ1n) is 14.4. The molecule has 0 aliphatic rings.